The molecule has 0 radical (unpaired) electrons. The fourth-order valence-corrected chi connectivity index (χ4v) is 4.23. The van der Waals surface area contributed by atoms with Crippen molar-refractivity contribution in [1.29, 1.82) is 0 Å². The first-order valence-electron chi connectivity index (χ1n) is 7.61. The summed E-state index contributed by atoms with van der Waals surface area (Å²) in [5.41, 5.74) is 0. The van der Waals surface area contributed by atoms with E-state index in [1.807, 2.05) is 11.3 Å². The monoisotopic (exact) mass is 303 g/mol. The van der Waals surface area contributed by atoms with Crippen molar-refractivity contribution in [2.75, 3.05) is 0 Å². The summed E-state index contributed by atoms with van der Waals surface area (Å²) in [7, 11) is 0. The van der Waals surface area contributed by atoms with Gasteiger partial charge in [0.2, 0.25) is 0 Å². The van der Waals surface area contributed by atoms with Crippen LogP contribution in [-0.2, 0) is 4.79 Å². The van der Waals surface area contributed by atoms with E-state index in [0.717, 1.165) is 25.7 Å². The summed E-state index contributed by atoms with van der Waals surface area (Å²) in [5.74, 6) is -0.770. The highest BCUT2D eigenvalue weighted by molar-refractivity contribution is 7.19. The second-order valence-electron chi connectivity index (χ2n) is 5.96. The molecular weight excluding hydrogens is 282 g/mol. The lowest BCUT2D eigenvalue weighted by Crippen LogP contribution is -2.36. The average molecular weight is 303 g/mol. The van der Waals surface area contributed by atoms with Crippen molar-refractivity contribution in [3.63, 3.8) is 0 Å². The van der Waals surface area contributed by atoms with Crippen LogP contribution in [0.25, 0.3) is 10.1 Å². The van der Waals surface area contributed by atoms with Crippen LogP contribution in [-0.4, -0.2) is 17.1 Å². The summed E-state index contributed by atoms with van der Waals surface area (Å²) < 4.78 is 1.33. The van der Waals surface area contributed by atoms with Gasteiger partial charge < -0.3 is 10.4 Å². The number of carboxylic acid groups (broad SMARTS) is 1. The van der Waals surface area contributed by atoms with Crippen molar-refractivity contribution in [2.45, 2.75) is 44.7 Å². The highest BCUT2D eigenvalue weighted by Crippen LogP contribution is 2.31. The smallest absolute Gasteiger partial charge is 0.306 e. The molecule has 3 nitrogen and oxygen atoms in total. The zero-order valence-corrected chi connectivity index (χ0v) is 13.0. The Morgan fingerprint density at radius 1 is 1.29 bits per heavy atom. The minimum absolute atomic E-state index is 0.136. The number of thiophene rings is 1. The quantitative estimate of drug-likeness (QED) is 0.890. The van der Waals surface area contributed by atoms with Crippen molar-refractivity contribution in [3.05, 3.63) is 35.2 Å². The summed E-state index contributed by atoms with van der Waals surface area (Å²) in [6.07, 6.45) is 3.52. The zero-order chi connectivity index (χ0) is 14.8. The summed E-state index contributed by atoms with van der Waals surface area (Å²) >= 11 is 1.84. The number of nitrogens with one attached hydrogen (secondary N) is 1. The molecule has 1 aliphatic carbocycles. The maximum atomic E-state index is 11.0. The van der Waals surface area contributed by atoms with Gasteiger partial charge in [-0.3, -0.25) is 4.79 Å². The molecule has 21 heavy (non-hydrogen) atoms. The highest BCUT2D eigenvalue weighted by Gasteiger charge is 2.26. The third kappa shape index (κ3) is 3.27. The van der Waals surface area contributed by atoms with Gasteiger partial charge in [0.15, 0.2) is 0 Å². The van der Waals surface area contributed by atoms with Gasteiger partial charge in [-0.2, -0.15) is 0 Å². The Kier molecular flexibility index (Phi) is 4.27. The van der Waals surface area contributed by atoms with Crippen LogP contribution in [0.15, 0.2) is 30.3 Å². The molecule has 1 aromatic heterocycles. The Labute approximate surface area is 129 Å². The Morgan fingerprint density at radius 3 is 2.67 bits per heavy atom. The van der Waals surface area contributed by atoms with Crippen molar-refractivity contribution in [2.24, 2.45) is 5.92 Å². The van der Waals surface area contributed by atoms with Crippen LogP contribution in [0.2, 0.25) is 0 Å². The second-order valence-corrected chi connectivity index (χ2v) is 7.08. The normalized spacial score (nSPS) is 24.0. The molecule has 1 fully saturated rings. The first-order chi connectivity index (χ1) is 10.1. The summed E-state index contributed by atoms with van der Waals surface area (Å²) in [6, 6.07) is 11.5. The predicted octanol–water partition coefficient (Wildman–Crippen LogP) is 4.20. The van der Waals surface area contributed by atoms with Gasteiger partial charge in [0, 0.05) is 21.7 Å². The Balaban J connectivity index is 1.61. The number of carbonyl (C=O) groups is 1. The molecule has 0 bridgehead atoms. The van der Waals surface area contributed by atoms with E-state index < -0.39 is 5.97 Å². The van der Waals surface area contributed by atoms with Gasteiger partial charge in [-0.1, -0.05) is 18.2 Å². The van der Waals surface area contributed by atoms with E-state index in [9.17, 15) is 4.79 Å². The minimum atomic E-state index is -0.633. The van der Waals surface area contributed by atoms with Crippen LogP contribution in [0.1, 0.15) is 43.5 Å². The van der Waals surface area contributed by atoms with Gasteiger partial charge in [0.25, 0.3) is 0 Å². The Hall–Kier alpha value is -1.39. The first kappa shape index (κ1) is 14.5. The first-order valence-corrected chi connectivity index (χ1v) is 8.42. The molecule has 1 saturated carbocycles. The van der Waals surface area contributed by atoms with Gasteiger partial charge in [-0.25, -0.2) is 0 Å². The van der Waals surface area contributed by atoms with Gasteiger partial charge >= 0.3 is 5.97 Å². The van der Waals surface area contributed by atoms with Crippen LogP contribution >= 0.6 is 11.3 Å². The summed E-state index contributed by atoms with van der Waals surface area (Å²) in [5, 5.41) is 14.0. The van der Waals surface area contributed by atoms with E-state index in [1.54, 1.807) is 0 Å². The van der Waals surface area contributed by atoms with Gasteiger partial charge in [-0.05, 0) is 50.1 Å². The molecule has 112 valence electrons. The molecule has 1 heterocycles. The zero-order valence-electron chi connectivity index (χ0n) is 12.2. The summed E-state index contributed by atoms with van der Waals surface area (Å²) in [4.78, 5) is 12.3. The third-order valence-electron chi connectivity index (χ3n) is 4.43. The van der Waals surface area contributed by atoms with Crippen molar-refractivity contribution >= 4 is 27.4 Å². The molecule has 2 N–H and O–H groups in total. The molecule has 0 spiro atoms. The number of carboxylic acids is 1. The SMILES string of the molecule is CC(NC1CCC(C(=O)O)CC1)c1cc2ccccc2s1. The lowest BCUT2D eigenvalue weighted by molar-refractivity contribution is -0.142. The van der Waals surface area contributed by atoms with Crippen molar-refractivity contribution < 1.29 is 9.90 Å². The molecule has 3 rings (SSSR count). The van der Waals surface area contributed by atoms with E-state index in [0.29, 0.717) is 12.1 Å². The second kappa shape index (κ2) is 6.16. The molecule has 4 heteroatoms. The molecule has 1 atom stereocenters. The van der Waals surface area contributed by atoms with Crippen LogP contribution in [0.4, 0.5) is 0 Å². The number of hydrogen-bond acceptors (Lipinski definition) is 3. The number of fused-ring (bicyclic) bond motifs is 1. The van der Waals surface area contributed by atoms with E-state index >= 15 is 0 Å². The van der Waals surface area contributed by atoms with Crippen molar-refractivity contribution in [1.82, 2.24) is 5.32 Å². The molecule has 0 amide bonds. The third-order valence-corrected chi connectivity index (χ3v) is 5.73. The van der Waals surface area contributed by atoms with Crippen LogP contribution in [0.3, 0.4) is 0 Å². The topological polar surface area (TPSA) is 49.3 Å². The number of aliphatic carboxylic acids is 1. The van der Waals surface area contributed by atoms with Gasteiger partial charge in [0.05, 0.1) is 5.92 Å². The van der Waals surface area contributed by atoms with E-state index in [-0.39, 0.29) is 5.92 Å². The Morgan fingerprint density at radius 2 is 2.00 bits per heavy atom. The fourth-order valence-electron chi connectivity index (χ4n) is 3.16. The molecule has 1 aromatic carbocycles. The lowest BCUT2D eigenvalue weighted by atomic mass is 9.86. The van der Waals surface area contributed by atoms with Crippen molar-refractivity contribution in [3.8, 4) is 0 Å². The molecule has 2 aromatic rings. The molecule has 0 saturated heterocycles. The van der Waals surface area contributed by atoms with Crippen LogP contribution in [0, 0.1) is 5.92 Å². The summed E-state index contributed by atoms with van der Waals surface area (Å²) in [6.45, 7) is 2.20. The fraction of sp³-hybridized carbons (Fsp3) is 0.471. The van der Waals surface area contributed by atoms with Gasteiger partial charge in [0.1, 0.15) is 0 Å². The average Bonchev–Trinajstić information content (AvgIpc) is 2.92. The number of rotatable bonds is 4. The largest absolute Gasteiger partial charge is 0.481 e. The number of hydrogen-bond donors (Lipinski definition) is 2. The van der Waals surface area contributed by atoms with E-state index in [1.165, 1.54) is 15.0 Å². The van der Waals surface area contributed by atoms with E-state index in [4.69, 9.17) is 5.11 Å². The predicted molar refractivity (Wildman–Crippen MR) is 86.8 cm³/mol. The van der Waals surface area contributed by atoms with Gasteiger partial charge in [-0.15, -0.1) is 11.3 Å². The molecule has 1 unspecified atom stereocenters. The molecular formula is C17H21NO2S. The maximum Gasteiger partial charge on any atom is 0.306 e. The standard InChI is InChI=1S/C17H21NO2S/c1-11(16-10-13-4-2-3-5-15(13)21-16)18-14-8-6-12(7-9-14)17(19)20/h2-5,10-12,14,18H,6-9H2,1H3,(H,19,20). The lowest BCUT2D eigenvalue weighted by Gasteiger charge is -2.29. The minimum Gasteiger partial charge on any atom is -0.481 e. The van der Waals surface area contributed by atoms with Crippen LogP contribution < -0.4 is 5.32 Å². The molecule has 0 aliphatic heterocycles. The Bertz CT molecular complexity index is 596. The maximum absolute atomic E-state index is 11.0. The van der Waals surface area contributed by atoms with E-state index in [2.05, 4.69) is 42.6 Å². The molecule has 1 aliphatic rings. The van der Waals surface area contributed by atoms with Crippen LogP contribution in [0.5, 0.6) is 0 Å². The number of benzene rings is 1. The highest BCUT2D eigenvalue weighted by atomic mass is 32.1.